The lowest BCUT2D eigenvalue weighted by Crippen LogP contribution is -2.63. The second kappa shape index (κ2) is 7.94. The lowest BCUT2D eigenvalue weighted by Gasteiger charge is -2.51. The number of piperidine rings is 2. The van der Waals surface area contributed by atoms with Gasteiger partial charge in [-0.15, -0.1) is 6.58 Å². The van der Waals surface area contributed by atoms with E-state index >= 15 is 0 Å². The molecule has 1 aromatic rings. The molecule has 140 valence electrons. The molecule has 2 saturated heterocycles. The molecule has 3 amide bonds. The fourth-order valence-electron chi connectivity index (χ4n) is 4.38. The van der Waals surface area contributed by atoms with E-state index in [1.54, 1.807) is 6.08 Å². The fourth-order valence-corrected chi connectivity index (χ4v) is 4.38. The van der Waals surface area contributed by atoms with Crippen LogP contribution >= 0.6 is 0 Å². The molecule has 3 rings (SSSR count). The number of likely N-dealkylation sites (tertiary alicyclic amines) is 2. The van der Waals surface area contributed by atoms with Crippen LogP contribution in [0.1, 0.15) is 44.6 Å². The van der Waals surface area contributed by atoms with Gasteiger partial charge in [-0.1, -0.05) is 31.2 Å². The van der Waals surface area contributed by atoms with Crippen molar-refractivity contribution in [2.75, 3.05) is 25.0 Å². The highest BCUT2D eigenvalue weighted by atomic mass is 16.2. The summed E-state index contributed by atoms with van der Waals surface area (Å²) in [4.78, 5) is 29.2. The Labute approximate surface area is 156 Å². The van der Waals surface area contributed by atoms with Gasteiger partial charge in [0.2, 0.25) is 5.91 Å². The van der Waals surface area contributed by atoms with Crippen molar-refractivity contribution in [3.63, 3.8) is 0 Å². The van der Waals surface area contributed by atoms with Crippen LogP contribution < -0.4 is 5.32 Å². The van der Waals surface area contributed by atoms with Crippen LogP contribution in [0.15, 0.2) is 36.9 Å². The van der Waals surface area contributed by atoms with E-state index in [1.807, 2.05) is 34.1 Å². The number of nitrogens with zero attached hydrogens (tertiary/aromatic N) is 2. The first-order valence-electron chi connectivity index (χ1n) is 9.65. The van der Waals surface area contributed by atoms with Crippen molar-refractivity contribution in [1.29, 1.82) is 0 Å². The van der Waals surface area contributed by atoms with Gasteiger partial charge in [-0.2, -0.15) is 0 Å². The predicted molar refractivity (Wildman–Crippen MR) is 104 cm³/mol. The van der Waals surface area contributed by atoms with Gasteiger partial charge in [0.1, 0.15) is 0 Å². The van der Waals surface area contributed by atoms with Gasteiger partial charge in [0.05, 0.1) is 5.54 Å². The lowest BCUT2D eigenvalue weighted by molar-refractivity contribution is -0.143. The number of rotatable bonds is 4. The molecule has 5 heteroatoms. The second-order valence-corrected chi connectivity index (χ2v) is 7.34. The van der Waals surface area contributed by atoms with Crippen LogP contribution in [0.5, 0.6) is 0 Å². The number of nitrogens with one attached hydrogen (secondary N) is 1. The minimum Gasteiger partial charge on any atom is -0.332 e. The molecule has 5 nitrogen and oxygen atoms in total. The van der Waals surface area contributed by atoms with E-state index in [4.69, 9.17) is 0 Å². The van der Waals surface area contributed by atoms with Gasteiger partial charge >= 0.3 is 6.03 Å². The molecule has 26 heavy (non-hydrogen) atoms. The molecule has 1 N–H and O–H groups in total. The third kappa shape index (κ3) is 3.62. The van der Waals surface area contributed by atoms with Gasteiger partial charge in [-0.05, 0) is 43.7 Å². The molecule has 1 spiro atoms. The molecule has 0 radical (unpaired) electrons. The van der Waals surface area contributed by atoms with E-state index in [9.17, 15) is 9.59 Å². The lowest BCUT2D eigenvalue weighted by atomic mass is 9.79. The highest BCUT2D eigenvalue weighted by molar-refractivity contribution is 5.90. The van der Waals surface area contributed by atoms with E-state index in [1.165, 1.54) is 0 Å². The number of anilines is 1. The number of carbonyl (C=O) groups is 2. The summed E-state index contributed by atoms with van der Waals surface area (Å²) in [6.07, 6.45) is 7.02. The molecule has 2 aliphatic heterocycles. The molecule has 1 atom stereocenters. The maximum Gasteiger partial charge on any atom is 0.321 e. The first-order valence-corrected chi connectivity index (χ1v) is 9.65. The fraction of sp³-hybridized carbons (Fsp3) is 0.524. The molecule has 2 heterocycles. The third-order valence-corrected chi connectivity index (χ3v) is 5.70. The minimum absolute atomic E-state index is 0.0680. The maximum absolute atomic E-state index is 12.9. The Balaban J connectivity index is 1.75. The number of para-hydroxylation sites is 1. The zero-order valence-electron chi connectivity index (χ0n) is 15.7. The number of hydrogen-bond acceptors (Lipinski definition) is 2. The quantitative estimate of drug-likeness (QED) is 0.835. The largest absolute Gasteiger partial charge is 0.332 e. The van der Waals surface area contributed by atoms with Crippen LogP contribution in [-0.4, -0.2) is 46.9 Å². The van der Waals surface area contributed by atoms with Crippen LogP contribution in [-0.2, 0) is 11.2 Å². The highest BCUT2D eigenvalue weighted by Gasteiger charge is 2.45. The zero-order valence-corrected chi connectivity index (χ0v) is 15.7. The standard InChI is InChI=1S/C21H29N3O2/c1-3-14-24-19(25)11-7-12-21(24)13-8-15-23(16-21)20(26)22-18-10-6-5-9-17(18)4-2/h3,5-6,9-10H,1,4,7-8,11-16H2,2H3,(H,22,26). The summed E-state index contributed by atoms with van der Waals surface area (Å²) in [7, 11) is 0. The Kier molecular flexibility index (Phi) is 5.64. The molecule has 1 unspecified atom stereocenters. The van der Waals surface area contributed by atoms with Gasteiger partial charge in [-0.25, -0.2) is 4.79 Å². The molecule has 0 aliphatic carbocycles. The summed E-state index contributed by atoms with van der Waals surface area (Å²) < 4.78 is 0. The van der Waals surface area contributed by atoms with Crippen molar-refractivity contribution in [2.45, 2.75) is 51.0 Å². The number of carbonyl (C=O) groups excluding carboxylic acids is 2. The maximum atomic E-state index is 12.9. The normalized spacial score (nSPS) is 23.2. The second-order valence-electron chi connectivity index (χ2n) is 7.34. The summed E-state index contributed by atoms with van der Waals surface area (Å²) in [6.45, 7) is 7.79. The van der Waals surface area contributed by atoms with Crippen molar-refractivity contribution >= 4 is 17.6 Å². The molecular formula is C21H29N3O2. The first kappa shape index (κ1) is 18.5. The summed E-state index contributed by atoms with van der Waals surface area (Å²) in [5.41, 5.74) is 1.78. The predicted octanol–water partition coefficient (Wildman–Crippen LogP) is 3.81. The van der Waals surface area contributed by atoms with Gasteiger partial charge in [0.25, 0.3) is 0 Å². The number of amides is 3. The van der Waals surface area contributed by atoms with Crippen molar-refractivity contribution < 1.29 is 9.59 Å². The van der Waals surface area contributed by atoms with E-state index in [0.717, 1.165) is 49.9 Å². The minimum atomic E-state index is -0.233. The SMILES string of the molecule is C=CCN1C(=O)CCCC12CCCN(C(=O)Nc1ccccc1CC)C2. The van der Waals surface area contributed by atoms with Gasteiger partial charge in [-0.3, -0.25) is 4.79 Å². The highest BCUT2D eigenvalue weighted by Crippen LogP contribution is 2.37. The monoisotopic (exact) mass is 355 g/mol. The van der Waals surface area contributed by atoms with Crippen LogP contribution in [0.3, 0.4) is 0 Å². The topological polar surface area (TPSA) is 52.7 Å². The molecule has 1 aromatic carbocycles. The molecule has 0 saturated carbocycles. The van der Waals surface area contributed by atoms with Gasteiger partial charge in [0.15, 0.2) is 0 Å². The van der Waals surface area contributed by atoms with Crippen LogP contribution in [0.4, 0.5) is 10.5 Å². The summed E-state index contributed by atoms with van der Waals surface area (Å²) >= 11 is 0. The van der Waals surface area contributed by atoms with Gasteiger partial charge in [0, 0.05) is 31.7 Å². The van der Waals surface area contributed by atoms with E-state index in [2.05, 4.69) is 18.8 Å². The summed E-state index contributed by atoms with van der Waals surface area (Å²) in [6, 6.07) is 7.86. The van der Waals surface area contributed by atoms with Crippen molar-refractivity contribution in [3.05, 3.63) is 42.5 Å². The average Bonchev–Trinajstić information content (AvgIpc) is 2.65. The van der Waals surface area contributed by atoms with Crippen molar-refractivity contribution in [1.82, 2.24) is 9.80 Å². The van der Waals surface area contributed by atoms with E-state index in [0.29, 0.717) is 19.5 Å². The number of benzene rings is 1. The molecule has 0 aromatic heterocycles. The van der Waals surface area contributed by atoms with Gasteiger partial charge < -0.3 is 15.1 Å². The Morgan fingerprint density at radius 1 is 1.31 bits per heavy atom. The molecular weight excluding hydrogens is 326 g/mol. The Morgan fingerprint density at radius 2 is 2.08 bits per heavy atom. The smallest absolute Gasteiger partial charge is 0.321 e. The molecule has 2 fully saturated rings. The Morgan fingerprint density at radius 3 is 2.85 bits per heavy atom. The molecule has 0 bridgehead atoms. The number of hydrogen-bond donors (Lipinski definition) is 1. The number of aryl methyl sites for hydroxylation is 1. The Hall–Kier alpha value is -2.30. The van der Waals surface area contributed by atoms with Crippen molar-refractivity contribution in [3.8, 4) is 0 Å². The number of urea groups is 1. The molecule has 2 aliphatic rings. The average molecular weight is 355 g/mol. The third-order valence-electron chi connectivity index (χ3n) is 5.70. The summed E-state index contributed by atoms with van der Waals surface area (Å²) in [5.74, 6) is 0.190. The first-order chi connectivity index (χ1) is 12.6. The van der Waals surface area contributed by atoms with Crippen LogP contribution in [0, 0.1) is 0 Å². The Bertz CT molecular complexity index is 684. The van der Waals surface area contributed by atoms with E-state index in [-0.39, 0.29) is 17.5 Å². The zero-order chi connectivity index (χ0) is 18.6. The van der Waals surface area contributed by atoms with Crippen LogP contribution in [0.2, 0.25) is 0 Å². The summed E-state index contributed by atoms with van der Waals surface area (Å²) in [5, 5.41) is 3.07. The van der Waals surface area contributed by atoms with E-state index < -0.39 is 0 Å². The van der Waals surface area contributed by atoms with Crippen LogP contribution in [0.25, 0.3) is 0 Å². The van der Waals surface area contributed by atoms with Crippen molar-refractivity contribution in [2.24, 2.45) is 0 Å².